The van der Waals surface area contributed by atoms with Gasteiger partial charge in [-0.3, -0.25) is 0 Å². The molecule has 0 aliphatic heterocycles. The zero-order valence-corrected chi connectivity index (χ0v) is 20.1. The molecule has 0 bridgehead atoms. The molecule has 3 heterocycles. The van der Waals surface area contributed by atoms with Gasteiger partial charge >= 0.3 is 0 Å². The number of benzene rings is 1. The lowest BCUT2D eigenvalue weighted by Crippen LogP contribution is -2.10. The van der Waals surface area contributed by atoms with Crippen molar-refractivity contribution in [2.24, 2.45) is 0 Å². The van der Waals surface area contributed by atoms with Crippen molar-refractivity contribution in [2.75, 3.05) is 23.5 Å². The molecule has 1 aromatic carbocycles. The zero-order valence-electron chi connectivity index (χ0n) is 20.1. The number of halogens is 1. The summed E-state index contributed by atoms with van der Waals surface area (Å²) >= 11 is 0. The van der Waals surface area contributed by atoms with Crippen LogP contribution >= 0.6 is 0 Å². The van der Waals surface area contributed by atoms with E-state index in [1.54, 1.807) is 49.8 Å². The smallest absolute Gasteiger partial charge is 0.223 e. The quantitative estimate of drug-likeness (QED) is 0.192. The Morgan fingerprint density at radius 3 is 2.81 bits per heavy atom. The van der Waals surface area contributed by atoms with Crippen molar-refractivity contribution >= 4 is 34.3 Å². The van der Waals surface area contributed by atoms with Crippen LogP contribution in [0.2, 0.25) is 0 Å². The molecule has 3 aromatic heterocycles. The SMILES string of the molecule is C=C/C=C(\CCC(C)OC)Nc1cc(Nc2ccc(Oc3ccnc4[nH]ccc34)c(F)c2)nc(N)n1. The maximum absolute atomic E-state index is 14.9. The molecule has 0 fully saturated rings. The number of H-pyrrole nitrogens is 1. The largest absolute Gasteiger partial charge is 0.453 e. The Balaban J connectivity index is 1.48. The molecule has 0 aliphatic carbocycles. The highest BCUT2D eigenvalue weighted by molar-refractivity contribution is 5.82. The van der Waals surface area contributed by atoms with E-state index in [-0.39, 0.29) is 17.8 Å². The molecule has 1 atom stereocenters. The summed E-state index contributed by atoms with van der Waals surface area (Å²) in [6, 6.07) is 9.76. The lowest BCUT2D eigenvalue weighted by atomic mass is 10.1. The lowest BCUT2D eigenvalue weighted by molar-refractivity contribution is 0.111. The van der Waals surface area contributed by atoms with E-state index < -0.39 is 5.82 Å². The molecule has 0 spiro atoms. The number of aromatic amines is 1. The van der Waals surface area contributed by atoms with Crippen molar-refractivity contribution in [3.05, 3.63) is 79.0 Å². The first-order valence-corrected chi connectivity index (χ1v) is 11.4. The van der Waals surface area contributed by atoms with Gasteiger partial charge in [0.1, 0.15) is 23.0 Å². The van der Waals surface area contributed by atoms with Crippen molar-refractivity contribution in [3.63, 3.8) is 0 Å². The van der Waals surface area contributed by atoms with E-state index in [4.69, 9.17) is 15.2 Å². The number of hydrogen-bond acceptors (Lipinski definition) is 8. The van der Waals surface area contributed by atoms with Crippen molar-refractivity contribution in [2.45, 2.75) is 25.9 Å². The Kier molecular flexibility index (Phi) is 7.76. The van der Waals surface area contributed by atoms with Crippen LogP contribution in [0.5, 0.6) is 11.5 Å². The molecule has 0 radical (unpaired) electrons. The standard InChI is InChI=1S/C26H28FN7O2/c1-4-5-17(7-6-16(2)35-3)31-23-15-24(34-26(28)33-23)32-18-8-9-22(20(27)14-18)36-21-11-13-30-25-19(21)10-12-29-25/h4-5,8-16H,1,6-7H2,2-3H3,(H,29,30)(H4,28,31,32,33,34)/b17-5+. The molecule has 0 saturated carbocycles. The van der Waals surface area contributed by atoms with Crippen molar-refractivity contribution in [1.29, 1.82) is 0 Å². The van der Waals surface area contributed by atoms with Crippen LogP contribution in [0, 0.1) is 5.82 Å². The average molecular weight is 490 g/mol. The van der Waals surface area contributed by atoms with E-state index in [0.29, 0.717) is 28.7 Å². The van der Waals surface area contributed by atoms with Gasteiger partial charge in [-0.15, -0.1) is 0 Å². The highest BCUT2D eigenvalue weighted by atomic mass is 19.1. The minimum Gasteiger partial charge on any atom is -0.453 e. The number of ether oxygens (including phenoxy) is 2. The molecule has 186 valence electrons. The summed E-state index contributed by atoms with van der Waals surface area (Å²) in [7, 11) is 1.68. The van der Waals surface area contributed by atoms with Crippen LogP contribution in [0.1, 0.15) is 19.8 Å². The maximum Gasteiger partial charge on any atom is 0.223 e. The Morgan fingerprint density at radius 1 is 1.19 bits per heavy atom. The van der Waals surface area contributed by atoms with Crippen LogP contribution in [-0.2, 0) is 4.74 Å². The second-order valence-electron chi connectivity index (χ2n) is 8.06. The number of pyridine rings is 1. The second-order valence-corrected chi connectivity index (χ2v) is 8.06. The fourth-order valence-electron chi connectivity index (χ4n) is 3.52. The van der Waals surface area contributed by atoms with Crippen molar-refractivity contribution < 1.29 is 13.9 Å². The van der Waals surface area contributed by atoms with E-state index in [9.17, 15) is 4.39 Å². The van der Waals surface area contributed by atoms with Crippen molar-refractivity contribution in [1.82, 2.24) is 19.9 Å². The molecule has 4 aromatic rings. The first-order chi connectivity index (χ1) is 17.4. The molecule has 10 heteroatoms. The van der Waals surface area contributed by atoms with Gasteiger partial charge in [0.25, 0.3) is 0 Å². The van der Waals surface area contributed by atoms with Crippen LogP contribution in [-0.4, -0.2) is 33.1 Å². The molecule has 9 nitrogen and oxygen atoms in total. The normalized spacial score (nSPS) is 12.4. The van der Waals surface area contributed by atoms with Gasteiger partial charge in [0.05, 0.1) is 11.5 Å². The molecular weight excluding hydrogens is 461 g/mol. The molecule has 4 rings (SSSR count). The van der Waals surface area contributed by atoms with Crippen LogP contribution in [0.15, 0.2) is 73.2 Å². The number of nitrogen functional groups attached to an aromatic ring is 1. The van der Waals surface area contributed by atoms with Crippen LogP contribution in [0.4, 0.5) is 27.7 Å². The summed E-state index contributed by atoms with van der Waals surface area (Å²) in [5, 5.41) is 7.08. The summed E-state index contributed by atoms with van der Waals surface area (Å²) in [6.07, 6.45) is 8.57. The van der Waals surface area contributed by atoms with Crippen molar-refractivity contribution in [3.8, 4) is 11.5 Å². The second kappa shape index (κ2) is 11.3. The minimum atomic E-state index is -0.538. The van der Waals surface area contributed by atoms with Gasteiger partial charge in [-0.1, -0.05) is 12.7 Å². The third-order valence-electron chi connectivity index (χ3n) is 5.42. The third kappa shape index (κ3) is 6.16. The van der Waals surface area contributed by atoms with Crippen LogP contribution in [0.3, 0.4) is 0 Å². The zero-order chi connectivity index (χ0) is 25.5. The lowest BCUT2D eigenvalue weighted by Gasteiger charge is -2.15. The number of allylic oxidation sites excluding steroid dienone is 3. The van der Waals surface area contributed by atoms with Gasteiger partial charge in [-0.05, 0) is 50.1 Å². The Labute approximate surface area is 208 Å². The molecule has 0 amide bonds. The average Bonchev–Trinajstić information content (AvgIpc) is 3.34. The minimum absolute atomic E-state index is 0.0688. The summed E-state index contributed by atoms with van der Waals surface area (Å²) < 4.78 is 26.0. The van der Waals surface area contributed by atoms with Gasteiger partial charge in [0.15, 0.2) is 11.6 Å². The predicted molar refractivity (Wildman–Crippen MR) is 140 cm³/mol. The van der Waals surface area contributed by atoms with Gasteiger partial charge in [-0.25, -0.2) is 9.37 Å². The number of nitrogens with zero attached hydrogens (tertiary/aromatic N) is 3. The molecule has 0 saturated heterocycles. The Morgan fingerprint density at radius 2 is 2.03 bits per heavy atom. The summed E-state index contributed by atoms with van der Waals surface area (Å²) in [5.74, 6) is 1.02. The van der Waals surface area contributed by atoms with Crippen LogP contribution in [0.25, 0.3) is 11.0 Å². The number of hydrogen-bond donors (Lipinski definition) is 4. The molecule has 36 heavy (non-hydrogen) atoms. The van der Waals surface area contributed by atoms with E-state index >= 15 is 0 Å². The summed E-state index contributed by atoms with van der Waals surface area (Å²) in [6.45, 7) is 5.77. The fourth-order valence-corrected chi connectivity index (χ4v) is 3.52. The number of fused-ring (bicyclic) bond motifs is 1. The number of aromatic nitrogens is 4. The highest BCUT2D eigenvalue weighted by Gasteiger charge is 2.11. The molecule has 1 unspecified atom stereocenters. The number of methoxy groups -OCH3 is 1. The predicted octanol–water partition coefficient (Wildman–Crippen LogP) is 5.91. The highest BCUT2D eigenvalue weighted by Crippen LogP contribution is 2.31. The first kappa shape index (κ1) is 24.7. The van der Waals surface area contributed by atoms with Gasteiger partial charge in [-0.2, -0.15) is 9.97 Å². The fraction of sp³-hybridized carbons (Fsp3) is 0.192. The van der Waals surface area contributed by atoms with Gasteiger partial charge < -0.3 is 30.8 Å². The Hall–Kier alpha value is -4.44. The third-order valence-corrected chi connectivity index (χ3v) is 5.42. The van der Waals surface area contributed by atoms with E-state index in [2.05, 4.69) is 37.1 Å². The first-order valence-electron chi connectivity index (χ1n) is 11.4. The monoisotopic (exact) mass is 489 g/mol. The van der Waals surface area contributed by atoms with Crippen LogP contribution < -0.4 is 21.1 Å². The molecular formula is C26H28FN7O2. The van der Waals surface area contributed by atoms with E-state index in [1.165, 1.54) is 6.07 Å². The van der Waals surface area contributed by atoms with E-state index in [0.717, 1.165) is 23.9 Å². The van der Waals surface area contributed by atoms with E-state index in [1.807, 2.05) is 19.1 Å². The summed E-state index contributed by atoms with van der Waals surface area (Å²) in [5.41, 5.74) is 7.96. The summed E-state index contributed by atoms with van der Waals surface area (Å²) in [4.78, 5) is 15.7. The molecule has 5 N–H and O–H groups in total. The number of rotatable bonds is 11. The molecule has 0 aliphatic rings. The van der Waals surface area contributed by atoms with Gasteiger partial charge in [0, 0.05) is 43.0 Å². The van der Waals surface area contributed by atoms with Gasteiger partial charge in [0.2, 0.25) is 5.95 Å². The Bertz CT molecular complexity index is 1390. The maximum atomic E-state index is 14.9. The number of nitrogens with two attached hydrogens (primary N) is 1. The topological polar surface area (TPSA) is 123 Å². The number of anilines is 4. The number of nitrogens with one attached hydrogen (secondary N) is 3.